The van der Waals surface area contributed by atoms with E-state index in [4.69, 9.17) is 23.7 Å². The van der Waals surface area contributed by atoms with Gasteiger partial charge in [0.05, 0.1) is 70.0 Å². The maximum absolute atomic E-state index is 12.8. The summed E-state index contributed by atoms with van der Waals surface area (Å²) in [4.78, 5) is 26.5. The minimum atomic E-state index is -1.30. The number of nitrogens with one attached hydrogen (secondary N) is 1. The summed E-state index contributed by atoms with van der Waals surface area (Å²) >= 11 is 0. The summed E-state index contributed by atoms with van der Waals surface area (Å²) in [7, 11) is 1.88. The normalized spacial score (nSPS) is 20.1. The van der Waals surface area contributed by atoms with Gasteiger partial charge >= 0.3 is 0 Å². The van der Waals surface area contributed by atoms with Gasteiger partial charge in [0.15, 0.2) is 0 Å². The number of ether oxygens (including phenoxy) is 5. The maximum atomic E-state index is 12.8. The number of nitrogens with zero attached hydrogens (tertiary/aromatic N) is 2. The van der Waals surface area contributed by atoms with Crippen LogP contribution in [-0.2, 0) is 18.9 Å². The van der Waals surface area contributed by atoms with E-state index in [0.717, 1.165) is 16.5 Å². The Labute approximate surface area is 204 Å². The Morgan fingerprint density at radius 1 is 0.886 bits per heavy atom. The fraction of sp³-hybridized carbons (Fsp3) is 0.652. The molecule has 0 aliphatic carbocycles. The number of benzene rings is 1. The average Bonchev–Trinajstić information content (AvgIpc) is 3.31. The lowest BCUT2D eigenvalue weighted by Crippen LogP contribution is -2.47. The lowest BCUT2D eigenvalue weighted by Gasteiger charge is -2.25. The Kier molecular flexibility index (Phi) is 11.3. The van der Waals surface area contributed by atoms with Crippen molar-refractivity contribution in [2.24, 2.45) is 0 Å². The van der Waals surface area contributed by atoms with Gasteiger partial charge in [-0.2, -0.15) is 5.06 Å². The highest BCUT2D eigenvalue weighted by Gasteiger charge is 2.46. The maximum Gasteiger partial charge on any atom is 0.262 e. The number of hydrogen-bond acceptors (Lipinski definition) is 11. The van der Waals surface area contributed by atoms with Crippen LogP contribution in [0.4, 0.5) is 0 Å². The molecule has 2 amide bonds. The topological polar surface area (TPSA) is 139 Å². The lowest BCUT2D eigenvalue weighted by molar-refractivity contribution is -0.179. The number of hydroxylamine groups is 2. The van der Waals surface area contributed by atoms with Gasteiger partial charge in [-0.15, -0.1) is 0 Å². The molecule has 12 heteroatoms. The van der Waals surface area contributed by atoms with Gasteiger partial charge in [0.2, 0.25) is 0 Å². The molecule has 2 atom stereocenters. The molecule has 0 aromatic heterocycles. The van der Waals surface area contributed by atoms with Gasteiger partial charge in [-0.1, -0.05) is 0 Å². The predicted molar refractivity (Wildman–Crippen MR) is 123 cm³/mol. The summed E-state index contributed by atoms with van der Waals surface area (Å²) in [6.07, 6.45) is -0.998. The van der Waals surface area contributed by atoms with Crippen LogP contribution in [0.3, 0.4) is 0 Å². The van der Waals surface area contributed by atoms with Crippen LogP contribution in [0.25, 0.3) is 0 Å². The van der Waals surface area contributed by atoms with Crippen LogP contribution in [0, 0.1) is 0 Å². The number of rotatable bonds is 17. The average molecular weight is 498 g/mol. The van der Waals surface area contributed by atoms with Crippen LogP contribution in [0.1, 0.15) is 27.1 Å². The molecule has 1 fully saturated rings. The first kappa shape index (κ1) is 27.4. The number of amides is 2. The first-order valence-corrected chi connectivity index (χ1v) is 11.8. The van der Waals surface area contributed by atoms with Gasteiger partial charge in [0, 0.05) is 13.1 Å². The van der Waals surface area contributed by atoms with E-state index in [1.54, 1.807) is 6.07 Å². The van der Waals surface area contributed by atoms with Gasteiger partial charge in [-0.3, -0.25) is 14.5 Å². The van der Waals surface area contributed by atoms with Gasteiger partial charge in [0.1, 0.15) is 18.6 Å². The van der Waals surface area contributed by atoms with E-state index >= 15 is 0 Å². The first-order valence-electron chi connectivity index (χ1n) is 11.8. The van der Waals surface area contributed by atoms with Crippen molar-refractivity contribution in [3.8, 4) is 5.75 Å². The summed E-state index contributed by atoms with van der Waals surface area (Å²) in [6.45, 7) is 5.17. The number of imide groups is 1. The molecule has 2 unspecified atom stereocenters. The minimum Gasteiger partial charge on any atom is -0.491 e. The molecule has 1 saturated heterocycles. The summed E-state index contributed by atoms with van der Waals surface area (Å²) in [6, 6.07) is 3.88. The number of carbonyl (C=O) groups excluding carboxylic acids is 2. The third-order valence-electron chi connectivity index (χ3n) is 5.63. The van der Waals surface area contributed by atoms with Crippen molar-refractivity contribution in [2.75, 3.05) is 79.6 Å². The van der Waals surface area contributed by atoms with Crippen molar-refractivity contribution in [3.63, 3.8) is 0 Å². The number of fused-ring (bicyclic) bond motifs is 1. The Morgan fingerprint density at radius 3 is 2.03 bits per heavy atom. The molecule has 2 aliphatic heterocycles. The standard InChI is InChI=1S/C23H35N3O9/c1-24-5-7-31-8-9-32-10-11-33-12-13-34-14-15-35-17-2-3-18-19(16-17)22(28)26(21(18)27)20-4-6-25(30)23(20)29/h2-3,16,20,23-24,29-30H,4-15H2,1H3. The van der Waals surface area contributed by atoms with Crippen LogP contribution in [-0.4, -0.2) is 124 Å². The van der Waals surface area contributed by atoms with Gasteiger partial charge in [0.25, 0.3) is 11.8 Å². The molecule has 0 saturated carbocycles. The SMILES string of the molecule is CNCCOCCOCCOCCOCCOc1ccc2c(c1)C(=O)N(C1CCN(O)C1O)C2=O. The second kappa shape index (κ2) is 14.4. The molecular formula is C23H35N3O9. The van der Waals surface area contributed by atoms with Gasteiger partial charge in [-0.25, -0.2) is 0 Å². The number of likely N-dealkylation sites (N-methyl/N-ethyl adjacent to an activating group) is 1. The molecule has 0 bridgehead atoms. The molecular weight excluding hydrogens is 462 g/mol. The molecule has 2 heterocycles. The Bertz CT molecular complexity index is 825. The molecule has 196 valence electrons. The van der Waals surface area contributed by atoms with Crippen LogP contribution in [0.5, 0.6) is 5.75 Å². The van der Waals surface area contributed by atoms with Crippen molar-refractivity contribution in [3.05, 3.63) is 29.3 Å². The fourth-order valence-electron chi connectivity index (χ4n) is 3.79. The highest BCUT2D eigenvalue weighted by molar-refractivity contribution is 6.21. The third kappa shape index (κ3) is 7.66. The second-order valence-electron chi connectivity index (χ2n) is 8.02. The van der Waals surface area contributed by atoms with Crippen molar-refractivity contribution in [1.82, 2.24) is 15.3 Å². The van der Waals surface area contributed by atoms with Crippen molar-refractivity contribution >= 4 is 11.8 Å². The van der Waals surface area contributed by atoms with E-state index in [-0.39, 0.29) is 24.3 Å². The largest absolute Gasteiger partial charge is 0.491 e. The summed E-state index contributed by atoms with van der Waals surface area (Å²) < 4.78 is 27.3. The zero-order chi connectivity index (χ0) is 25.0. The molecule has 0 radical (unpaired) electrons. The second-order valence-corrected chi connectivity index (χ2v) is 8.02. The quantitative estimate of drug-likeness (QED) is 0.194. The Hall–Kier alpha value is -2.16. The summed E-state index contributed by atoms with van der Waals surface area (Å²) in [5.41, 5.74) is 0.474. The van der Waals surface area contributed by atoms with E-state index in [9.17, 15) is 19.9 Å². The van der Waals surface area contributed by atoms with E-state index in [1.807, 2.05) is 7.05 Å². The molecule has 2 aliphatic rings. The van der Waals surface area contributed by atoms with Crippen molar-refractivity contribution in [1.29, 1.82) is 0 Å². The first-order chi connectivity index (χ1) is 17.0. The highest BCUT2D eigenvalue weighted by Crippen LogP contribution is 2.32. The number of aliphatic hydroxyl groups excluding tert-OH is 1. The van der Waals surface area contributed by atoms with E-state index < -0.39 is 24.1 Å². The number of hydrogen-bond donors (Lipinski definition) is 3. The predicted octanol–water partition coefficient (Wildman–Crippen LogP) is -0.271. The molecule has 12 nitrogen and oxygen atoms in total. The Morgan fingerprint density at radius 2 is 1.46 bits per heavy atom. The highest BCUT2D eigenvalue weighted by atomic mass is 16.6. The van der Waals surface area contributed by atoms with Crippen LogP contribution < -0.4 is 10.1 Å². The minimum absolute atomic E-state index is 0.180. The van der Waals surface area contributed by atoms with Crippen molar-refractivity contribution < 1.29 is 43.6 Å². The third-order valence-corrected chi connectivity index (χ3v) is 5.63. The van der Waals surface area contributed by atoms with Crippen LogP contribution in [0.2, 0.25) is 0 Å². The molecule has 1 aromatic carbocycles. The smallest absolute Gasteiger partial charge is 0.262 e. The van der Waals surface area contributed by atoms with Crippen LogP contribution >= 0.6 is 0 Å². The fourth-order valence-corrected chi connectivity index (χ4v) is 3.79. The zero-order valence-corrected chi connectivity index (χ0v) is 20.0. The van der Waals surface area contributed by atoms with E-state index in [2.05, 4.69) is 5.32 Å². The molecule has 3 N–H and O–H groups in total. The van der Waals surface area contributed by atoms with Gasteiger partial charge in [-0.05, 0) is 31.7 Å². The molecule has 0 spiro atoms. The monoisotopic (exact) mass is 497 g/mol. The van der Waals surface area contributed by atoms with E-state index in [0.29, 0.717) is 65.0 Å². The zero-order valence-electron chi connectivity index (χ0n) is 20.0. The van der Waals surface area contributed by atoms with Gasteiger partial charge < -0.3 is 39.3 Å². The molecule has 3 rings (SSSR count). The number of aliphatic hydroxyl groups is 1. The summed E-state index contributed by atoms with van der Waals surface area (Å²) in [5.74, 6) is -0.551. The molecule has 1 aromatic rings. The van der Waals surface area contributed by atoms with Crippen molar-refractivity contribution in [2.45, 2.75) is 18.7 Å². The Balaban J connectivity index is 1.26. The van der Waals surface area contributed by atoms with E-state index in [1.165, 1.54) is 12.1 Å². The molecule has 35 heavy (non-hydrogen) atoms. The lowest BCUT2D eigenvalue weighted by atomic mass is 10.1. The summed E-state index contributed by atoms with van der Waals surface area (Å²) in [5, 5.41) is 23.4. The number of carbonyl (C=O) groups is 2. The van der Waals surface area contributed by atoms with Crippen LogP contribution in [0.15, 0.2) is 18.2 Å².